The summed E-state index contributed by atoms with van der Waals surface area (Å²) in [6.07, 6.45) is 0. The Morgan fingerprint density at radius 1 is 0.269 bits per heavy atom. The number of methoxy groups -OCH3 is 2. The number of benzene rings is 10. The van der Waals surface area contributed by atoms with Crippen molar-refractivity contribution in [1.82, 2.24) is 0 Å². The lowest BCUT2D eigenvalue weighted by Gasteiger charge is -2.22. The lowest BCUT2D eigenvalue weighted by atomic mass is 9.81. The van der Waals surface area contributed by atoms with Gasteiger partial charge >= 0.3 is 0 Å². The van der Waals surface area contributed by atoms with E-state index in [9.17, 15) is 0 Å². The van der Waals surface area contributed by atoms with Gasteiger partial charge in [-0.15, -0.1) is 0 Å². The van der Waals surface area contributed by atoms with E-state index in [0.29, 0.717) is 0 Å². The zero-order valence-electron chi connectivity index (χ0n) is 29.0. The summed E-state index contributed by atoms with van der Waals surface area (Å²) in [5, 5.41) is 14.6. The van der Waals surface area contributed by atoms with Crippen molar-refractivity contribution in [3.63, 3.8) is 0 Å². The minimum Gasteiger partial charge on any atom is -0.497 e. The molecule has 0 aliphatic rings. The highest BCUT2D eigenvalue weighted by atomic mass is 16.5. The van der Waals surface area contributed by atoms with Crippen LogP contribution in [0, 0.1) is 0 Å². The summed E-state index contributed by atoms with van der Waals surface area (Å²) in [6, 6.07) is 62.0. The normalized spacial score (nSPS) is 11.7. The summed E-state index contributed by atoms with van der Waals surface area (Å²) in [7, 11) is 3.44. The van der Waals surface area contributed by atoms with Gasteiger partial charge in [-0.2, -0.15) is 0 Å². The smallest absolute Gasteiger partial charge is 0.119 e. The molecule has 0 bridgehead atoms. The first-order chi connectivity index (χ1) is 25.7. The standard InChI is InChI=1S/C50H34O2/c1-51-37-26-24-32-27-34(22-20-33(32)29-37)47-39-11-3-7-15-43(39)49(44-16-8-4-12-40(44)47)50-45-17-9-5-13-41(45)48(42-14-6-10-18-46(42)50)35-21-19-31-23-25-38(52-2)30-36(31)28-35/h3-30H,1-2H3. The molecule has 0 radical (unpaired) electrons. The molecular formula is C50H34O2. The van der Waals surface area contributed by atoms with Crippen molar-refractivity contribution in [2.24, 2.45) is 0 Å². The second kappa shape index (κ2) is 12.0. The summed E-state index contributed by atoms with van der Waals surface area (Å²) >= 11 is 0. The van der Waals surface area contributed by atoms with Crippen LogP contribution >= 0.6 is 0 Å². The van der Waals surface area contributed by atoms with Crippen LogP contribution in [0.25, 0.3) is 98.0 Å². The van der Waals surface area contributed by atoms with Crippen molar-refractivity contribution in [2.75, 3.05) is 14.2 Å². The Morgan fingerprint density at radius 3 is 1.00 bits per heavy atom. The highest BCUT2D eigenvalue weighted by Gasteiger charge is 2.22. The SMILES string of the molecule is COc1ccc2cc(-c3c4ccccc4c(-c4c5ccccc5c(-c5ccc6ccc(OC)cc6c5)c5ccccc45)c4ccccc34)ccc2c1. The average molecular weight is 667 g/mol. The van der Waals surface area contributed by atoms with Crippen molar-refractivity contribution < 1.29 is 9.47 Å². The maximum absolute atomic E-state index is 5.60. The highest BCUT2D eigenvalue weighted by molar-refractivity contribution is 6.30. The lowest BCUT2D eigenvalue weighted by Crippen LogP contribution is -1.94. The monoisotopic (exact) mass is 666 g/mol. The molecule has 0 fully saturated rings. The maximum atomic E-state index is 5.60. The van der Waals surface area contributed by atoms with Gasteiger partial charge in [-0.25, -0.2) is 0 Å². The molecule has 2 nitrogen and oxygen atoms in total. The Hall–Kier alpha value is -6.64. The third-order valence-corrected chi connectivity index (χ3v) is 10.8. The van der Waals surface area contributed by atoms with Gasteiger partial charge in [-0.3, -0.25) is 0 Å². The van der Waals surface area contributed by atoms with Crippen molar-refractivity contribution in [3.8, 4) is 44.9 Å². The molecule has 10 aromatic carbocycles. The van der Waals surface area contributed by atoms with Crippen LogP contribution in [0.5, 0.6) is 11.5 Å². The zero-order chi connectivity index (χ0) is 34.8. The van der Waals surface area contributed by atoms with E-state index >= 15 is 0 Å². The van der Waals surface area contributed by atoms with Crippen LogP contribution in [0.3, 0.4) is 0 Å². The van der Waals surface area contributed by atoms with Crippen molar-refractivity contribution >= 4 is 64.6 Å². The van der Waals surface area contributed by atoms with E-state index in [-0.39, 0.29) is 0 Å². The van der Waals surface area contributed by atoms with Crippen LogP contribution < -0.4 is 9.47 Å². The molecule has 246 valence electrons. The molecule has 0 heterocycles. The van der Waals surface area contributed by atoms with Gasteiger partial charge in [0.1, 0.15) is 11.5 Å². The molecule has 10 rings (SSSR count). The second-order valence-electron chi connectivity index (χ2n) is 13.5. The van der Waals surface area contributed by atoms with E-state index < -0.39 is 0 Å². The van der Waals surface area contributed by atoms with Crippen LogP contribution in [-0.4, -0.2) is 14.2 Å². The van der Waals surface area contributed by atoms with Gasteiger partial charge in [-0.1, -0.05) is 133 Å². The predicted molar refractivity (Wildman–Crippen MR) is 221 cm³/mol. The first-order valence-corrected chi connectivity index (χ1v) is 17.7. The van der Waals surface area contributed by atoms with Crippen molar-refractivity contribution in [3.05, 3.63) is 170 Å². The Balaban J connectivity index is 1.31. The minimum atomic E-state index is 0.862. The van der Waals surface area contributed by atoms with E-state index in [4.69, 9.17) is 9.47 Å². The van der Waals surface area contributed by atoms with Gasteiger partial charge in [0, 0.05) is 0 Å². The Kier molecular flexibility index (Phi) is 6.97. The van der Waals surface area contributed by atoms with E-state index in [2.05, 4.69) is 158 Å². The van der Waals surface area contributed by atoms with Crippen LogP contribution in [0.2, 0.25) is 0 Å². The third kappa shape index (κ3) is 4.65. The lowest BCUT2D eigenvalue weighted by molar-refractivity contribution is 0.415. The number of ether oxygens (including phenoxy) is 2. The van der Waals surface area contributed by atoms with Crippen LogP contribution in [0.1, 0.15) is 0 Å². The second-order valence-corrected chi connectivity index (χ2v) is 13.5. The molecule has 0 aliphatic heterocycles. The summed E-state index contributed by atoms with van der Waals surface area (Å²) in [6.45, 7) is 0. The summed E-state index contributed by atoms with van der Waals surface area (Å²) in [5.74, 6) is 1.73. The summed E-state index contributed by atoms with van der Waals surface area (Å²) < 4.78 is 11.1. The molecule has 0 atom stereocenters. The van der Waals surface area contributed by atoms with E-state index in [1.807, 2.05) is 12.1 Å². The fourth-order valence-electron chi connectivity index (χ4n) is 8.43. The first-order valence-electron chi connectivity index (χ1n) is 17.7. The number of rotatable bonds is 5. The molecule has 0 amide bonds. The van der Waals surface area contributed by atoms with E-state index in [1.165, 1.54) is 87.2 Å². The van der Waals surface area contributed by atoms with Gasteiger partial charge < -0.3 is 9.47 Å². The molecule has 0 N–H and O–H groups in total. The molecular weight excluding hydrogens is 633 g/mol. The number of hydrogen-bond acceptors (Lipinski definition) is 2. The summed E-state index contributed by atoms with van der Waals surface area (Å²) in [4.78, 5) is 0. The molecule has 2 heteroatoms. The predicted octanol–water partition coefficient (Wildman–Crippen LogP) is 13.6. The Morgan fingerprint density at radius 2 is 0.577 bits per heavy atom. The molecule has 52 heavy (non-hydrogen) atoms. The van der Waals surface area contributed by atoms with Gasteiger partial charge in [0.25, 0.3) is 0 Å². The van der Waals surface area contributed by atoms with Crippen LogP contribution in [-0.2, 0) is 0 Å². The molecule has 0 saturated heterocycles. The highest BCUT2D eigenvalue weighted by Crippen LogP contribution is 2.50. The average Bonchev–Trinajstić information content (AvgIpc) is 3.21. The fourth-order valence-corrected chi connectivity index (χ4v) is 8.43. The molecule has 0 unspecified atom stereocenters. The van der Waals surface area contributed by atoms with E-state index in [0.717, 1.165) is 22.3 Å². The van der Waals surface area contributed by atoms with Crippen molar-refractivity contribution in [2.45, 2.75) is 0 Å². The number of fused-ring (bicyclic) bond motifs is 6. The molecule has 0 aromatic heterocycles. The van der Waals surface area contributed by atoms with Crippen LogP contribution in [0.15, 0.2) is 170 Å². The Labute approximate surface area is 302 Å². The first kappa shape index (κ1) is 30.2. The van der Waals surface area contributed by atoms with Crippen LogP contribution in [0.4, 0.5) is 0 Å². The van der Waals surface area contributed by atoms with Gasteiger partial charge in [-0.05, 0) is 134 Å². The maximum Gasteiger partial charge on any atom is 0.119 e. The van der Waals surface area contributed by atoms with E-state index in [1.54, 1.807) is 14.2 Å². The molecule has 10 aromatic rings. The minimum absolute atomic E-state index is 0.862. The van der Waals surface area contributed by atoms with Gasteiger partial charge in [0.05, 0.1) is 14.2 Å². The third-order valence-electron chi connectivity index (χ3n) is 10.8. The zero-order valence-corrected chi connectivity index (χ0v) is 29.0. The Bertz CT molecular complexity index is 2930. The molecule has 0 aliphatic carbocycles. The largest absolute Gasteiger partial charge is 0.497 e. The molecule has 0 saturated carbocycles. The fraction of sp³-hybridized carbons (Fsp3) is 0.0400. The van der Waals surface area contributed by atoms with Crippen molar-refractivity contribution in [1.29, 1.82) is 0 Å². The van der Waals surface area contributed by atoms with Gasteiger partial charge in [0.2, 0.25) is 0 Å². The number of hydrogen-bond donors (Lipinski definition) is 0. The quantitative estimate of drug-likeness (QED) is 0.170. The topological polar surface area (TPSA) is 18.5 Å². The van der Waals surface area contributed by atoms with Gasteiger partial charge in [0.15, 0.2) is 0 Å². The molecule has 0 spiro atoms. The summed E-state index contributed by atoms with van der Waals surface area (Å²) in [5.41, 5.74) is 7.43.